The van der Waals surface area contributed by atoms with Crippen LogP contribution in [0.15, 0.2) is 23.3 Å². The number of aliphatic hydroxyl groups excluding tert-OH is 1. The number of hydrogen-bond acceptors (Lipinski definition) is 1. The fraction of sp³-hybridized carbons (Fsp3) is 0.556. The van der Waals surface area contributed by atoms with Gasteiger partial charge in [0.1, 0.15) is 0 Å². The number of hydrogen-bond donors (Lipinski definition) is 1. The summed E-state index contributed by atoms with van der Waals surface area (Å²) >= 11 is 0. The molecule has 0 aromatic carbocycles. The minimum atomic E-state index is 0.213. The van der Waals surface area contributed by atoms with Gasteiger partial charge in [-0.1, -0.05) is 24.6 Å². The molecule has 56 valence electrons. The summed E-state index contributed by atoms with van der Waals surface area (Å²) in [5, 5.41) is 8.85. The van der Waals surface area contributed by atoms with Crippen molar-refractivity contribution in [3.8, 4) is 0 Å². The Balaban J connectivity index is 2.71. The fourth-order valence-corrected chi connectivity index (χ4v) is 1.30. The van der Waals surface area contributed by atoms with Crippen molar-refractivity contribution >= 4 is 0 Å². The zero-order valence-corrected chi connectivity index (χ0v) is 6.59. The molecule has 1 heteroatoms. The Hall–Kier alpha value is -0.560. The first-order chi connectivity index (χ1) is 4.74. The first kappa shape index (κ1) is 7.55. The molecule has 0 bridgehead atoms. The molecule has 0 amide bonds. The molecule has 0 heterocycles. The van der Waals surface area contributed by atoms with Crippen LogP contribution in [0.2, 0.25) is 0 Å². The van der Waals surface area contributed by atoms with Gasteiger partial charge in [0, 0.05) is 0 Å². The maximum absolute atomic E-state index is 8.85. The van der Waals surface area contributed by atoms with Crippen LogP contribution in [0.5, 0.6) is 0 Å². The monoisotopic (exact) mass is 138 g/mol. The van der Waals surface area contributed by atoms with Gasteiger partial charge >= 0.3 is 0 Å². The summed E-state index contributed by atoms with van der Waals surface area (Å²) < 4.78 is 0. The smallest absolute Gasteiger partial charge is 0.0647 e. The van der Waals surface area contributed by atoms with Crippen LogP contribution < -0.4 is 0 Å². The van der Waals surface area contributed by atoms with Crippen LogP contribution in [0.3, 0.4) is 0 Å². The minimum Gasteiger partial charge on any atom is -0.392 e. The second kappa shape index (κ2) is 3.02. The lowest BCUT2D eigenvalue weighted by molar-refractivity contribution is 0.315. The van der Waals surface area contributed by atoms with Crippen LogP contribution in [0.1, 0.15) is 20.3 Å². The van der Waals surface area contributed by atoms with Gasteiger partial charge in [-0.05, 0) is 24.8 Å². The van der Waals surface area contributed by atoms with Gasteiger partial charge < -0.3 is 5.11 Å². The van der Waals surface area contributed by atoms with E-state index < -0.39 is 0 Å². The molecule has 1 aliphatic carbocycles. The van der Waals surface area contributed by atoms with Crippen LogP contribution in [-0.2, 0) is 0 Å². The van der Waals surface area contributed by atoms with Crippen LogP contribution in [0.4, 0.5) is 0 Å². The van der Waals surface area contributed by atoms with Crippen molar-refractivity contribution in [2.24, 2.45) is 5.92 Å². The molecule has 0 radical (unpaired) electrons. The highest BCUT2D eigenvalue weighted by atomic mass is 16.3. The maximum Gasteiger partial charge on any atom is 0.0647 e. The van der Waals surface area contributed by atoms with Gasteiger partial charge in [0.25, 0.3) is 0 Å². The van der Waals surface area contributed by atoms with E-state index >= 15 is 0 Å². The van der Waals surface area contributed by atoms with Gasteiger partial charge in [-0.25, -0.2) is 0 Å². The predicted molar refractivity (Wildman–Crippen MR) is 42.7 cm³/mol. The molecule has 0 spiro atoms. The zero-order chi connectivity index (χ0) is 7.56. The Labute approximate surface area is 62.1 Å². The average Bonchev–Trinajstić information content (AvgIpc) is 1.88. The van der Waals surface area contributed by atoms with Gasteiger partial charge in [-0.2, -0.15) is 0 Å². The Kier molecular flexibility index (Phi) is 2.28. The summed E-state index contributed by atoms with van der Waals surface area (Å²) in [6.45, 7) is 4.49. The highest BCUT2D eigenvalue weighted by Crippen LogP contribution is 2.23. The lowest BCUT2D eigenvalue weighted by Gasteiger charge is -2.17. The minimum absolute atomic E-state index is 0.213. The quantitative estimate of drug-likeness (QED) is 0.586. The molecule has 1 rings (SSSR count). The average molecular weight is 138 g/mol. The first-order valence-corrected chi connectivity index (χ1v) is 3.71. The third-order valence-corrected chi connectivity index (χ3v) is 2.03. The molecule has 0 saturated carbocycles. The molecule has 1 N–H and O–H groups in total. The van der Waals surface area contributed by atoms with Crippen LogP contribution in [0, 0.1) is 5.92 Å². The van der Waals surface area contributed by atoms with E-state index in [-0.39, 0.29) is 6.61 Å². The third-order valence-electron chi connectivity index (χ3n) is 2.03. The van der Waals surface area contributed by atoms with E-state index in [2.05, 4.69) is 19.9 Å². The fourth-order valence-electron chi connectivity index (χ4n) is 1.30. The van der Waals surface area contributed by atoms with Crippen molar-refractivity contribution in [2.75, 3.05) is 6.61 Å². The van der Waals surface area contributed by atoms with E-state index in [9.17, 15) is 0 Å². The summed E-state index contributed by atoms with van der Waals surface area (Å²) in [7, 11) is 0. The summed E-state index contributed by atoms with van der Waals surface area (Å²) in [6.07, 6.45) is 5.22. The largest absolute Gasteiger partial charge is 0.392 e. The second-order valence-electron chi connectivity index (χ2n) is 3.02. The molecule has 1 atom stereocenters. The Morgan fingerprint density at radius 2 is 2.30 bits per heavy atom. The first-order valence-electron chi connectivity index (χ1n) is 3.71. The third kappa shape index (κ3) is 1.48. The van der Waals surface area contributed by atoms with Crippen molar-refractivity contribution in [3.63, 3.8) is 0 Å². The molecule has 1 aliphatic rings. The molecular formula is C9H14O. The lowest BCUT2D eigenvalue weighted by Crippen LogP contribution is -2.07. The van der Waals surface area contributed by atoms with Gasteiger partial charge in [0.2, 0.25) is 0 Å². The Bertz CT molecular complexity index is 177. The predicted octanol–water partition coefficient (Wildman–Crippen LogP) is 1.89. The van der Waals surface area contributed by atoms with Crippen LogP contribution in [-0.4, -0.2) is 11.7 Å². The van der Waals surface area contributed by atoms with Crippen molar-refractivity contribution in [3.05, 3.63) is 23.3 Å². The molecule has 0 unspecified atom stereocenters. The topological polar surface area (TPSA) is 20.2 Å². The van der Waals surface area contributed by atoms with E-state index in [0.717, 1.165) is 12.0 Å². The number of rotatable bonds is 1. The van der Waals surface area contributed by atoms with Crippen molar-refractivity contribution in [1.82, 2.24) is 0 Å². The molecular weight excluding hydrogens is 124 g/mol. The molecule has 1 nitrogen and oxygen atoms in total. The second-order valence-corrected chi connectivity index (χ2v) is 3.02. The summed E-state index contributed by atoms with van der Waals surface area (Å²) in [4.78, 5) is 0. The maximum atomic E-state index is 8.85. The van der Waals surface area contributed by atoms with Crippen molar-refractivity contribution < 1.29 is 5.11 Å². The number of allylic oxidation sites excluding steroid dienone is 3. The standard InChI is InChI=1S/C9H14O/c1-7-3-4-9(6-10)8(2)5-7/h3-4,8,10H,5-6H2,1-2H3/t8-/m0/s1. The molecule has 0 aromatic rings. The van der Waals surface area contributed by atoms with E-state index in [0.29, 0.717) is 5.92 Å². The SMILES string of the molecule is CC1=CC=C(CO)[C@@H](C)C1. The van der Waals surface area contributed by atoms with E-state index in [1.165, 1.54) is 5.57 Å². The lowest BCUT2D eigenvalue weighted by atomic mass is 9.90. The molecule has 10 heavy (non-hydrogen) atoms. The van der Waals surface area contributed by atoms with Crippen molar-refractivity contribution in [1.29, 1.82) is 0 Å². The molecule has 0 aliphatic heterocycles. The van der Waals surface area contributed by atoms with Gasteiger partial charge in [0.15, 0.2) is 0 Å². The normalized spacial score (nSPS) is 25.7. The Morgan fingerprint density at radius 1 is 1.60 bits per heavy atom. The molecule has 0 aromatic heterocycles. The van der Waals surface area contributed by atoms with Crippen LogP contribution in [0.25, 0.3) is 0 Å². The number of aliphatic hydroxyl groups is 1. The molecule has 0 fully saturated rings. The summed E-state index contributed by atoms with van der Waals surface area (Å²) in [6, 6.07) is 0. The summed E-state index contributed by atoms with van der Waals surface area (Å²) in [5.41, 5.74) is 2.57. The van der Waals surface area contributed by atoms with Crippen LogP contribution >= 0.6 is 0 Å². The van der Waals surface area contributed by atoms with Gasteiger partial charge in [0.05, 0.1) is 6.61 Å². The van der Waals surface area contributed by atoms with Gasteiger partial charge in [-0.3, -0.25) is 0 Å². The summed E-state index contributed by atoms with van der Waals surface area (Å²) in [5.74, 6) is 0.537. The molecule has 0 saturated heterocycles. The van der Waals surface area contributed by atoms with Gasteiger partial charge in [-0.15, -0.1) is 0 Å². The van der Waals surface area contributed by atoms with E-state index in [1.54, 1.807) is 0 Å². The van der Waals surface area contributed by atoms with E-state index in [4.69, 9.17) is 5.11 Å². The highest BCUT2D eigenvalue weighted by molar-refractivity contribution is 5.25. The van der Waals surface area contributed by atoms with Crippen molar-refractivity contribution in [2.45, 2.75) is 20.3 Å². The highest BCUT2D eigenvalue weighted by Gasteiger charge is 2.10. The Morgan fingerprint density at radius 3 is 2.80 bits per heavy atom. The zero-order valence-electron chi connectivity index (χ0n) is 6.59. The van der Waals surface area contributed by atoms with E-state index in [1.807, 2.05) is 6.08 Å².